The van der Waals surface area contributed by atoms with Gasteiger partial charge in [-0.15, -0.1) is 11.3 Å². The van der Waals surface area contributed by atoms with E-state index in [0.29, 0.717) is 12.1 Å². The summed E-state index contributed by atoms with van der Waals surface area (Å²) in [6.07, 6.45) is 3.60. The standard InChI is InChI=1S/C15H27N3S/c1-4-7-16-15-6-9-18(13(3)12(15)2)8-5-14-10-19-11-17-14/h10-13,15-16H,4-9H2,1-3H3. The van der Waals surface area contributed by atoms with E-state index in [9.17, 15) is 0 Å². The first-order valence-electron chi connectivity index (χ1n) is 7.57. The fourth-order valence-electron chi connectivity index (χ4n) is 2.99. The monoisotopic (exact) mass is 281 g/mol. The van der Waals surface area contributed by atoms with Crippen molar-refractivity contribution in [1.82, 2.24) is 15.2 Å². The molecule has 0 aromatic carbocycles. The van der Waals surface area contributed by atoms with Crippen molar-refractivity contribution in [3.63, 3.8) is 0 Å². The Morgan fingerprint density at radius 3 is 3.00 bits per heavy atom. The van der Waals surface area contributed by atoms with Crippen LogP contribution in [0.2, 0.25) is 0 Å². The van der Waals surface area contributed by atoms with E-state index < -0.39 is 0 Å². The van der Waals surface area contributed by atoms with Gasteiger partial charge in [0.1, 0.15) is 0 Å². The van der Waals surface area contributed by atoms with Crippen LogP contribution >= 0.6 is 11.3 Å². The molecule has 3 nitrogen and oxygen atoms in total. The number of likely N-dealkylation sites (tertiary alicyclic amines) is 1. The predicted octanol–water partition coefficient (Wildman–Crippen LogP) is 2.78. The summed E-state index contributed by atoms with van der Waals surface area (Å²) in [6, 6.07) is 1.37. The van der Waals surface area contributed by atoms with Gasteiger partial charge >= 0.3 is 0 Å². The van der Waals surface area contributed by atoms with Crippen LogP contribution in [-0.4, -0.2) is 41.6 Å². The molecule has 3 unspecified atom stereocenters. The Bertz CT molecular complexity index is 352. The second-order valence-corrected chi connectivity index (χ2v) is 6.43. The number of aromatic nitrogens is 1. The number of rotatable bonds is 6. The fraction of sp³-hybridized carbons (Fsp3) is 0.800. The average molecular weight is 281 g/mol. The lowest BCUT2D eigenvalue weighted by Crippen LogP contribution is -2.53. The summed E-state index contributed by atoms with van der Waals surface area (Å²) in [5, 5.41) is 5.87. The molecular weight excluding hydrogens is 254 g/mol. The maximum atomic E-state index is 4.38. The van der Waals surface area contributed by atoms with Gasteiger partial charge in [0.25, 0.3) is 0 Å². The Balaban J connectivity index is 1.81. The molecule has 0 amide bonds. The Morgan fingerprint density at radius 1 is 1.47 bits per heavy atom. The predicted molar refractivity (Wildman–Crippen MR) is 82.7 cm³/mol. The summed E-state index contributed by atoms with van der Waals surface area (Å²) in [4.78, 5) is 7.01. The molecular formula is C15H27N3S. The van der Waals surface area contributed by atoms with Crippen LogP contribution in [0.4, 0.5) is 0 Å². The minimum absolute atomic E-state index is 0.668. The number of nitrogens with zero attached hydrogens (tertiary/aromatic N) is 2. The molecule has 108 valence electrons. The van der Waals surface area contributed by atoms with E-state index in [1.807, 2.05) is 5.51 Å². The van der Waals surface area contributed by atoms with Crippen LogP contribution in [0.3, 0.4) is 0 Å². The molecule has 0 aliphatic carbocycles. The van der Waals surface area contributed by atoms with Crippen molar-refractivity contribution in [1.29, 1.82) is 0 Å². The van der Waals surface area contributed by atoms with Gasteiger partial charge in [-0.2, -0.15) is 0 Å². The Labute approximate surface area is 121 Å². The largest absolute Gasteiger partial charge is 0.314 e. The molecule has 0 saturated carbocycles. The number of hydrogen-bond donors (Lipinski definition) is 1. The van der Waals surface area contributed by atoms with Crippen molar-refractivity contribution < 1.29 is 0 Å². The average Bonchev–Trinajstić information content (AvgIpc) is 2.92. The van der Waals surface area contributed by atoms with Gasteiger partial charge in [-0.05, 0) is 38.8 Å². The van der Waals surface area contributed by atoms with E-state index in [1.165, 1.54) is 25.1 Å². The second-order valence-electron chi connectivity index (χ2n) is 5.71. The van der Waals surface area contributed by atoms with Gasteiger partial charge in [0, 0.05) is 30.4 Å². The highest BCUT2D eigenvalue weighted by Crippen LogP contribution is 2.23. The van der Waals surface area contributed by atoms with Crippen molar-refractivity contribution in [2.45, 2.75) is 52.1 Å². The minimum Gasteiger partial charge on any atom is -0.314 e. The molecule has 1 aromatic rings. The van der Waals surface area contributed by atoms with Crippen molar-refractivity contribution in [3.05, 3.63) is 16.6 Å². The smallest absolute Gasteiger partial charge is 0.0794 e. The molecule has 1 aliphatic heterocycles. The molecule has 1 aromatic heterocycles. The highest BCUT2D eigenvalue weighted by molar-refractivity contribution is 7.07. The van der Waals surface area contributed by atoms with E-state index in [4.69, 9.17) is 0 Å². The lowest BCUT2D eigenvalue weighted by atomic mass is 9.87. The molecule has 1 saturated heterocycles. The SMILES string of the molecule is CCCNC1CCN(CCc2cscn2)C(C)C1C. The van der Waals surface area contributed by atoms with E-state index >= 15 is 0 Å². The Hall–Kier alpha value is -0.450. The van der Waals surface area contributed by atoms with Crippen molar-refractivity contribution in [2.24, 2.45) is 5.92 Å². The number of piperidine rings is 1. The minimum atomic E-state index is 0.668. The van der Waals surface area contributed by atoms with Crippen LogP contribution in [0.15, 0.2) is 10.9 Å². The third kappa shape index (κ3) is 4.01. The third-order valence-corrected chi connectivity index (χ3v) is 5.13. The Morgan fingerprint density at radius 2 is 2.32 bits per heavy atom. The summed E-state index contributed by atoms with van der Waals surface area (Å²) < 4.78 is 0. The van der Waals surface area contributed by atoms with Gasteiger partial charge in [-0.25, -0.2) is 4.98 Å². The first-order valence-corrected chi connectivity index (χ1v) is 8.51. The molecule has 0 spiro atoms. The lowest BCUT2D eigenvalue weighted by Gasteiger charge is -2.43. The molecule has 0 radical (unpaired) electrons. The Kier molecular flexibility index (Phi) is 5.79. The molecule has 1 aliphatic rings. The van der Waals surface area contributed by atoms with Crippen LogP contribution in [0, 0.1) is 5.92 Å². The molecule has 1 N–H and O–H groups in total. The van der Waals surface area contributed by atoms with Gasteiger partial charge in [0.15, 0.2) is 0 Å². The fourth-order valence-corrected chi connectivity index (χ4v) is 3.59. The van der Waals surface area contributed by atoms with Crippen molar-refractivity contribution in [2.75, 3.05) is 19.6 Å². The van der Waals surface area contributed by atoms with Crippen LogP contribution in [-0.2, 0) is 6.42 Å². The summed E-state index contributed by atoms with van der Waals surface area (Å²) in [7, 11) is 0. The quantitative estimate of drug-likeness (QED) is 0.869. The summed E-state index contributed by atoms with van der Waals surface area (Å²) in [6.45, 7) is 10.5. The highest BCUT2D eigenvalue weighted by atomic mass is 32.1. The highest BCUT2D eigenvalue weighted by Gasteiger charge is 2.31. The summed E-state index contributed by atoms with van der Waals surface area (Å²) in [5.74, 6) is 0.732. The van der Waals surface area contributed by atoms with Gasteiger partial charge in [0.2, 0.25) is 0 Å². The number of nitrogens with one attached hydrogen (secondary N) is 1. The van der Waals surface area contributed by atoms with E-state index in [1.54, 1.807) is 11.3 Å². The normalized spacial score (nSPS) is 28.7. The van der Waals surface area contributed by atoms with Crippen LogP contribution < -0.4 is 5.32 Å². The summed E-state index contributed by atoms with van der Waals surface area (Å²) in [5.41, 5.74) is 3.18. The molecule has 2 rings (SSSR count). The lowest BCUT2D eigenvalue weighted by molar-refractivity contribution is 0.0859. The van der Waals surface area contributed by atoms with E-state index in [-0.39, 0.29) is 0 Å². The summed E-state index contributed by atoms with van der Waals surface area (Å²) >= 11 is 1.70. The van der Waals surface area contributed by atoms with Gasteiger partial charge in [-0.3, -0.25) is 4.90 Å². The van der Waals surface area contributed by atoms with Crippen molar-refractivity contribution >= 4 is 11.3 Å². The van der Waals surface area contributed by atoms with Crippen LogP contribution in [0.5, 0.6) is 0 Å². The van der Waals surface area contributed by atoms with Gasteiger partial charge < -0.3 is 5.32 Å². The van der Waals surface area contributed by atoms with Gasteiger partial charge in [-0.1, -0.05) is 13.8 Å². The topological polar surface area (TPSA) is 28.2 Å². The maximum Gasteiger partial charge on any atom is 0.0794 e. The number of thiazole rings is 1. The zero-order valence-corrected chi connectivity index (χ0v) is 13.2. The molecule has 1 fully saturated rings. The maximum absolute atomic E-state index is 4.38. The van der Waals surface area contributed by atoms with Crippen molar-refractivity contribution in [3.8, 4) is 0 Å². The number of hydrogen-bond acceptors (Lipinski definition) is 4. The van der Waals surface area contributed by atoms with Crippen LogP contribution in [0.1, 0.15) is 39.3 Å². The second kappa shape index (κ2) is 7.36. The first-order chi connectivity index (χ1) is 9.22. The molecule has 4 heteroatoms. The van der Waals surface area contributed by atoms with Gasteiger partial charge in [0.05, 0.1) is 11.2 Å². The molecule has 3 atom stereocenters. The van der Waals surface area contributed by atoms with E-state index in [2.05, 4.69) is 41.4 Å². The first kappa shape index (κ1) is 14.9. The zero-order valence-electron chi connectivity index (χ0n) is 12.4. The molecule has 19 heavy (non-hydrogen) atoms. The van der Waals surface area contributed by atoms with E-state index in [0.717, 1.165) is 25.4 Å². The zero-order chi connectivity index (χ0) is 13.7. The third-order valence-electron chi connectivity index (χ3n) is 4.49. The molecule has 2 heterocycles. The molecule has 0 bridgehead atoms. The van der Waals surface area contributed by atoms with Crippen LogP contribution in [0.25, 0.3) is 0 Å².